The van der Waals surface area contributed by atoms with Crippen LogP contribution in [0.3, 0.4) is 0 Å². The van der Waals surface area contributed by atoms with E-state index >= 15 is 0 Å². The summed E-state index contributed by atoms with van der Waals surface area (Å²) in [6.45, 7) is 5.00. The number of hydrogen-bond donors (Lipinski definition) is 2. The number of hydrogen-bond acceptors (Lipinski definition) is 4. The molecule has 0 bridgehead atoms. The van der Waals surface area contributed by atoms with Gasteiger partial charge in [0.15, 0.2) is 17.7 Å². The number of hydrazine groups is 1. The van der Waals surface area contributed by atoms with E-state index < -0.39 is 23.7 Å². The molecule has 0 radical (unpaired) electrons. The first-order chi connectivity index (χ1) is 14.8. The molecular formula is C22H22F2N4O3. The van der Waals surface area contributed by atoms with Gasteiger partial charge in [0, 0.05) is 11.3 Å². The second-order valence-electron chi connectivity index (χ2n) is 6.94. The molecule has 2 amide bonds. The average Bonchev–Trinajstić information content (AvgIpc) is 3.02. The molecule has 0 fully saturated rings. The van der Waals surface area contributed by atoms with Crippen molar-refractivity contribution in [3.05, 3.63) is 77.1 Å². The summed E-state index contributed by atoms with van der Waals surface area (Å²) >= 11 is 0. The molecule has 0 saturated heterocycles. The number of para-hydroxylation sites is 1. The second-order valence-corrected chi connectivity index (χ2v) is 6.94. The minimum absolute atomic E-state index is 0.0261. The topological polar surface area (TPSA) is 85.3 Å². The quantitative estimate of drug-likeness (QED) is 0.592. The Kier molecular flexibility index (Phi) is 6.64. The predicted molar refractivity (Wildman–Crippen MR) is 109 cm³/mol. The molecule has 162 valence electrons. The molecule has 7 nitrogen and oxygen atoms in total. The van der Waals surface area contributed by atoms with Gasteiger partial charge in [-0.05, 0) is 57.2 Å². The highest BCUT2D eigenvalue weighted by Gasteiger charge is 2.19. The second kappa shape index (κ2) is 9.38. The van der Waals surface area contributed by atoms with Crippen molar-refractivity contribution >= 4 is 11.8 Å². The van der Waals surface area contributed by atoms with Crippen molar-refractivity contribution in [3.63, 3.8) is 0 Å². The van der Waals surface area contributed by atoms with Crippen LogP contribution in [0.15, 0.2) is 48.5 Å². The van der Waals surface area contributed by atoms with Gasteiger partial charge in [-0.1, -0.05) is 12.1 Å². The van der Waals surface area contributed by atoms with Crippen molar-refractivity contribution in [2.45, 2.75) is 33.3 Å². The van der Waals surface area contributed by atoms with Gasteiger partial charge in [0.2, 0.25) is 5.91 Å². The third-order valence-corrected chi connectivity index (χ3v) is 4.68. The van der Waals surface area contributed by atoms with Gasteiger partial charge in [-0.2, -0.15) is 5.10 Å². The minimum Gasteiger partial charge on any atom is -0.478 e. The van der Waals surface area contributed by atoms with Crippen molar-refractivity contribution in [1.82, 2.24) is 20.6 Å². The lowest BCUT2D eigenvalue weighted by Gasteiger charge is -2.15. The predicted octanol–water partition coefficient (Wildman–Crippen LogP) is 2.92. The van der Waals surface area contributed by atoms with Crippen LogP contribution in [0.1, 0.15) is 23.9 Å². The maximum atomic E-state index is 13.6. The number of nitrogens with zero attached hydrogens (tertiary/aromatic N) is 2. The number of aromatic nitrogens is 2. The maximum absolute atomic E-state index is 13.6. The first kappa shape index (κ1) is 21.9. The highest BCUT2D eigenvalue weighted by Crippen LogP contribution is 2.19. The number of carbonyl (C=O) groups excluding carboxylic acids is 2. The van der Waals surface area contributed by atoms with Crippen LogP contribution in [0.2, 0.25) is 0 Å². The molecule has 0 unspecified atom stereocenters. The molecule has 0 aliphatic rings. The van der Waals surface area contributed by atoms with Crippen LogP contribution in [0.5, 0.6) is 5.75 Å². The molecular weight excluding hydrogens is 406 g/mol. The Morgan fingerprint density at radius 2 is 1.74 bits per heavy atom. The number of halogens is 2. The number of nitrogens with one attached hydrogen (secondary N) is 2. The molecule has 3 rings (SSSR count). The Morgan fingerprint density at radius 1 is 1.06 bits per heavy atom. The van der Waals surface area contributed by atoms with Crippen LogP contribution in [0.4, 0.5) is 8.78 Å². The zero-order valence-electron chi connectivity index (χ0n) is 17.3. The van der Waals surface area contributed by atoms with Gasteiger partial charge in [-0.3, -0.25) is 20.4 Å². The Balaban J connectivity index is 1.59. The molecule has 0 saturated carbocycles. The maximum Gasteiger partial charge on any atom is 0.279 e. The lowest BCUT2D eigenvalue weighted by atomic mass is 10.1. The monoisotopic (exact) mass is 428 g/mol. The van der Waals surface area contributed by atoms with Gasteiger partial charge >= 0.3 is 0 Å². The van der Waals surface area contributed by atoms with Crippen LogP contribution in [0.25, 0.3) is 5.69 Å². The van der Waals surface area contributed by atoms with E-state index in [4.69, 9.17) is 4.74 Å². The summed E-state index contributed by atoms with van der Waals surface area (Å²) in [6, 6.07) is 11.6. The van der Waals surface area contributed by atoms with E-state index in [0.717, 1.165) is 5.69 Å². The fourth-order valence-corrected chi connectivity index (χ4v) is 2.99. The zero-order valence-corrected chi connectivity index (χ0v) is 17.3. The fourth-order valence-electron chi connectivity index (χ4n) is 2.99. The third-order valence-electron chi connectivity index (χ3n) is 4.68. The zero-order chi connectivity index (χ0) is 22.5. The first-order valence-corrected chi connectivity index (χ1v) is 9.57. The number of rotatable bonds is 6. The van der Waals surface area contributed by atoms with E-state index in [2.05, 4.69) is 16.0 Å². The van der Waals surface area contributed by atoms with Crippen molar-refractivity contribution < 1.29 is 23.1 Å². The van der Waals surface area contributed by atoms with Gasteiger partial charge in [-0.25, -0.2) is 13.5 Å². The Bertz CT molecular complexity index is 1100. The van der Waals surface area contributed by atoms with Gasteiger partial charge in [0.1, 0.15) is 5.82 Å². The molecule has 0 spiro atoms. The van der Waals surface area contributed by atoms with Crippen molar-refractivity contribution in [3.8, 4) is 11.4 Å². The molecule has 9 heteroatoms. The molecule has 2 N–H and O–H groups in total. The van der Waals surface area contributed by atoms with E-state index in [1.54, 1.807) is 36.7 Å². The van der Waals surface area contributed by atoms with Gasteiger partial charge in [0.05, 0.1) is 17.8 Å². The van der Waals surface area contributed by atoms with Crippen LogP contribution in [0, 0.1) is 25.5 Å². The molecule has 1 aromatic heterocycles. The first-order valence-electron chi connectivity index (χ1n) is 9.57. The summed E-state index contributed by atoms with van der Waals surface area (Å²) in [5.74, 6) is -2.09. The Labute approximate surface area is 178 Å². The molecule has 1 atom stereocenters. The van der Waals surface area contributed by atoms with E-state index in [-0.39, 0.29) is 18.0 Å². The van der Waals surface area contributed by atoms with Crippen LogP contribution < -0.4 is 15.6 Å². The molecule has 3 aromatic rings. The summed E-state index contributed by atoms with van der Waals surface area (Å²) in [5.41, 5.74) is 7.31. The van der Waals surface area contributed by atoms with Crippen LogP contribution in [-0.2, 0) is 16.0 Å². The van der Waals surface area contributed by atoms with Crippen LogP contribution in [-0.4, -0.2) is 27.7 Å². The highest BCUT2D eigenvalue weighted by atomic mass is 19.1. The van der Waals surface area contributed by atoms with Gasteiger partial charge in [0.25, 0.3) is 5.91 Å². The highest BCUT2D eigenvalue weighted by molar-refractivity contribution is 5.85. The number of aryl methyl sites for hydroxylation is 1. The number of ether oxygens (including phenoxy) is 1. The molecule has 31 heavy (non-hydrogen) atoms. The van der Waals surface area contributed by atoms with Crippen molar-refractivity contribution in [2.24, 2.45) is 0 Å². The molecule has 0 aliphatic carbocycles. The SMILES string of the molecule is Cc1nn(-c2ccc(F)cc2)c(C)c1CC(=O)NNC(=O)[C@H](C)Oc1ccccc1F. The fraction of sp³-hybridized carbons (Fsp3) is 0.227. The average molecular weight is 428 g/mol. The normalized spacial score (nSPS) is 11.6. The summed E-state index contributed by atoms with van der Waals surface area (Å²) in [6.07, 6.45) is -1.05. The largest absolute Gasteiger partial charge is 0.478 e. The Morgan fingerprint density at radius 3 is 2.42 bits per heavy atom. The van der Waals surface area contributed by atoms with E-state index in [0.29, 0.717) is 16.9 Å². The van der Waals surface area contributed by atoms with Crippen molar-refractivity contribution in [1.29, 1.82) is 0 Å². The van der Waals surface area contributed by atoms with Crippen molar-refractivity contribution in [2.75, 3.05) is 0 Å². The third kappa shape index (κ3) is 5.25. The van der Waals surface area contributed by atoms with Gasteiger partial charge < -0.3 is 4.74 Å². The summed E-state index contributed by atoms with van der Waals surface area (Å²) < 4.78 is 33.7. The summed E-state index contributed by atoms with van der Waals surface area (Å²) in [5, 5.41) is 4.41. The van der Waals surface area contributed by atoms with Crippen LogP contribution >= 0.6 is 0 Å². The number of carbonyl (C=O) groups is 2. The van der Waals surface area contributed by atoms with E-state index in [1.807, 2.05) is 0 Å². The lowest BCUT2D eigenvalue weighted by molar-refractivity contribution is -0.132. The molecule has 2 aromatic carbocycles. The smallest absolute Gasteiger partial charge is 0.279 e. The van der Waals surface area contributed by atoms with E-state index in [1.165, 1.54) is 37.3 Å². The van der Waals surface area contributed by atoms with E-state index in [9.17, 15) is 18.4 Å². The summed E-state index contributed by atoms with van der Waals surface area (Å²) in [4.78, 5) is 24.5. The minimum atomic E-state index is -1.03. The molecule has 0 aliphatic heterocycles. The summed E-state index contributed by atoms with van der Waals surface area (Å²) in [7, 11) is 0. The molecule has 1 heterocycles. The Hall–Kier alpha value is -3.75. The standard InChI is InChI=1S/C22H22F2N4O3/c1-13-18(14(2)28(27-13)17-10-8-16(23)9-11-17)12-21(29)25-26-22(30)15(3)31-20-7-5-4-6-19(20)24/h4-11,15H,12H2,1-3H3,(H,25,29)(H,26,30)/t15-/m0/s1. The number of amides is 2. The van der Waals surface area contributed by atoms with Gasteiger partial charge in [-0.15, -0.1) is 0 Å². The lowest BCUT2D eigenvalue weighted by Crippen LogP contribution is -2.47. The number of benzene rings is 2.